The van der Waals surface area contributed by atoms with Gasteiger partial charge in [-0.15, -0.1) is 0 Å². The Hall–Kier alpha value is -2.82. The molecule has 4 N–H and O–H groups in total. The molecule has 0 aliphatic heterocycles. The van der Waals surface area contributed by atoms with Gasteiger partial charge in [0, 0.05) is 24.2 Å². The van der Waals surface area contributed by atoms with Crippen molar-refractivity contribution in [1.29, 1.82) is 0 Å². The molecule has 9 nitrogen and oxygen atoms in total. The van der Waals surface area contributed by atoms with E-state index in [1.54, 1.807) is 37.3 Å². The number of para-hydroxylation sites is 1. The summed E-state index contributed by atoms with van der Waals surface area (Å²) in [6.07, 6.45) is 0.524. The summed E-state index contributed by atoms with van der Waals surface area (Å²) in [6.45, 7) is 2.13. The van der Waals surface area contributed by atoms with Gasteiger partial charge in [0.15, 0.2) is 0 Å². The van der Waals surface area contributed by atoms with E-state index in [0.29, 0.717) is 18.5 Å². The van der Waals surface area contributed by atoms with Crippen molar-refractivity contribution in [3.05, 3.63) is 69.8 Å². The predicted octanol–water partition coefficient (Wildman–Crippen LogP) is 1.25. The maximum Gasteiger partial charge on any atom is 0.274 e. The van der Waals surface area contributed by atoms with E-state index in [0.717, 1.165) is 5.56 Å². The van der Waals surface area contributed by atoms with Gasteiger partial charge in [0.25, 0.3) is 5.69 Å². The molecule has 1 unspecified atom stereocenters. The lowest BCUT2D eigenvalue weighted by molar-refractivity contribution is -0.385. The van der Waals surface area contributed by atoms with E-state index in [1.807, 2.05) is 0 Å². The van der Waals surface area contributed by atoms with Gasteiger partial charge in [-0.05, 0) is 31.0 Å². The molecule has 0 radical (unpaired) electrons. The maximum atomic E-state index is 12.0. The summed E-state index contributed by atoms with van der Waals surface area (Å²) in [7, 11) is -3.72. The highest BCUT2D eigenvalue weighted by molar-refractivity contribution is 7.89. The van der Waals surface area contributed by atoms with Gasteiger partial charge in [-0.1, -0.05) is 30.3 Å². The van der Waals surface area contributed by atoms with Crippen LogP contribution in [0.3, 0.4) is 0 Å². The van der Waals surface area contributed by atoms with Crippen molar-refractivity contribution >= 4 is 21.6 Å². The fourth-order valence-electron chi connectivity index (χ4n) is 2.63. The first kappa shape index (κ1) is 21.5. The van der Waals surface area contributed by atoms with Crippen molar-refractivity contribution in [3.63, 3.8) is 0 Å². The molecule has 0 bridgehead atoms. The van der Waals surface area contributed by atoms with E-state index in [9.17, 15) is 23.3 Å². The molecule has 28 heavy (non-hydrogen) atoms. The van der Waals surface area contributed by atoms with E-state index in [-0.39, 0.29) is 29.1 Å². The Balaban J connectivity index is 1.79. The molecule has 0 spiro atoms. The number of carbonyl (C=O) groups excluding carboxylic acids is 1. The van der Waals surface area contributed by atoms with Gasteiger partial charge in [-0.2, -0.15) is 0 Å². The third-order valence-corrected chi connectivity index (χ3v) is 5.09. The molecule has 0 saturated carbocycles. The van der Waals surface area contributed by atoms with Crippen LogP contribution < -0.4 is 15.8 Å². The zero-order chi connectivity index (χ0) is 20.7. The molecule has 0 aliphatic rings. The molecule has 0 heterocycles. The molecule has 150 valence electrons. The Bertz CT molecular complexity index is 945. The Morgan fingerprint density at radius 1 is 1.18 bits per heavy atom. The van der Waals surface area contributed by atoms with Crippen molar-refractivity contribution in [1.82, 2.24) is 10.6 Å². The number of nitrogens with one attached hydrogen (secondary N) is 2. The minimum Gasteiger partial charge on any atom is -0.355 e. The first-order valence-corrected chi connectivity index (χ1v) is 10.1. The molecule has 0 aromatic heterocycles. The molecule has 1 atom stereocenters. The minimum atomic E-state index is -3.72. The number of hydrogen-bond donors (Lipinski definition) is 3. The van der Waals surface area contributed by atoms with Crippen LogP contribution in [0, 0.1) is 10.1 Å². The van der Waals surface area contributed by atoms with Crippen molar-refractivity contribution in [3.8, 4) is 0 Å². The molecule has 10 heteroatoms. The summed E-state index contributed by atoms with van der Waals surface area (Å²) >= 11 is 0. The van der Waals surface area contributed by atoms with Crippen LogP contribution in [0.5, 0.6) is 0 Å². The highest BCUT2D eigenvalue weighted by Gasteiger charge is 2.18. The number of nitrogens with zero attached hydrogens (tertiary/aromatic N) is 1. The number of carbonyl (C=O) groups is 1. The Morgan fingerprint density at radius 2 is 1.82 bits per heavy atom. The average molecular weight is 406 g/mol. The summed E-state index contributed by atoms with van der Waals surface area (Å²) in [6, 6.07) is 12.1. The fraction of sp³-hybridized carbons (Fsp3) is 0.278. The number of nitro benzene ring substituents is 1. The highest BCUT2D eigenvalue weighted by atomic mass is 32.2. The van der Waals surface area contributed by atoms with Crippen LogP contribution in [0.4, 0.5) is 5.69 Å². The summed E-state index contributed by atoms with van der Waals surface area (Å²) in [5, 5.41) is 21.8. The second kappa shape index (κ2) is 9.40. The van der Waals surface area contributed by atoms with Crippen molar-refractivity contribution in [2.24, 2.45) is 5.14 Å². The van der Waals surface area contributed by atoms with Gasteiger partial charge in [0.1, 0.15) is 0 Å². The van der Waals surface area contributed by atoms with Crippen LogP contribution in [0.15, 0.2) is 53.4 Å². The van der Waals surface area contributed by atoms with Gasteiger partial charge < -0.3 is 10.6 Å². The standard InChI is InChI=1S/C18H22N4O5S/c1-13(16-4-2-3-5-17(16)22(24)25)21-12-18(23)20-11-10-14-6-8-15(9-7-14)28(19,26)27/h2-9,13,21H,10-12H2,1H3,(H,20,23)(H2,19,26,27). The number of amides is 1. The van der Waals surface area contributed by atoms with Crippen LogP contribution in [0.2, 0.25) is 0 Å². The number of nitro groups is 1. The molecule has 0 aliphatic carbocycles. The van der Waals surface area contributed by atoms with E-state index in [1.165, 1.54) is 18.2 Å². The van der Waals surface area contributed by atoms with Gasteiger partial charge in [-0.3, -0.25) is 14.9 Å². The molecule has 1 amide bonds. The smallest absolute Gasteiger partial charge is 0.274 e. The maximum absolute atomic E-state index is 12.0. The predicted molar refractivity (Wildman–Crippen MR) is 104 cm³/mol. The van der Waals surface area contributed by atoms with E-state index in [2.05, 4.69) is 10.6 Å². The Kier molecular flexibility index (Phi) is 7.21. The monoisotopic (exact) mass is 406 g/mol. The molecule has 2 aromatic carbocycles. The largest absolute Gasteiger partial charge is 0.355 e. The molecular weight excluding hydrogens is 384 g/mol. The second-order valence-electron chi connectivity index (χ2n) is 6.21. The number of benzene rings is 2. The minimum absolute atomic E-state index is 0.00542. The van der Waals surface area contributed by atoms with Gasteiger partial charge in [-0.25, -0.2) is 13.6 Å². The molecular formula is C18H22N4O5S. The SMILES string of the molecule is CC(NCC(=O)NCCc1ccc(S(N)(=O)=O)cc1)c1ccccc1[N+](=O)[O-]. The average Bonchev–Trinajstić information content (AvgIpc) is 2.65. The van der Waals surface area contributed by atoms with Gasteiger partial charge in [0.2, 0.25) is 15.9 Å². The zero-order valence-electron chi connectivity index (χ0n) is 15.3. The number of primary sulfonamides is 1. The normalized spacial score (nSPS) is 12.4. The topological polar surface area (TPSA) is 144 Å². The summed E-state index contributed by atoms with van der Waals surface area (Å²) < 4.78 is 22.4. The lowest BCUT2D eigenvalue weighted by Gasteiger charge is -2.14. The fourth-order valence-corrected chi connectivity index (χ4v) is 3.15. The summed E-state index contributed by atoms with van der Waals surface area (Å²) in [4.78, 5) is 22.6. The van der Waals surface area contributed by atoms with Crippen molar-refractivity contribution < 1.29 is 18.1 Å². The van der Waals surface area contributed by atoms with Crippen LogP contribution in [0.25, 0.3) is 0 Å². The lowest BCUT2D eigenvalue weighted by atomic mass is 10.1. The van der Waals surface area contributed by atoms with Crippen LogP contribution in [0.1, 0.15) is 24.1 Å². The first-order chi connectivity index (χ1) is 13.2. The van der Waals surface area contributed by atoms with E-state index >= 15 is 0 Å². The van der Waals surface area contributed by atoms with Gasteiger partial charge in [0.05, 0.1) is 16.4 Å². The third-order valence-electron chi connectivity index (χ3n) is 4.16. The quantitative estimate of drug-likeness (QED) is 0.422. The second-order valence-corrected chi connectivity index (χ2v) is 7.77. The molecule has 0 fully saturated rings. The molecule has 0 saturated heterocycles. The van der Waals surface area contributed by atoms with Crippen LogP contribution in [-0.4, -0.2) is 32.3 Å². The van der Waals surface area contributed by atoms with Gasteiger partial charge >= 0.3 is 0 Å². The summed E-state index contributed by atoms with van der Waals surface area (Å²) in [5.74, 6) is -0.244. The van der Waals surface area contributed by atoms with E-state index < -0.39 is 14.9 Å². The van der Waals surface area contributed by atoms with Crippen LogP contribution >= 0.6 is 0 Å². The first-order valence-electron chi connectivity index (χ1n) is 8.53. The third kappa shape index (κ3) is 6.12. The number of sulfonamides is 1. The highest BCUT2D eigenvalue weighted by Crippen LogP contribution is 2.24. The summed E-state index contributed by atoms with van der Waals surface area (Å²) in [5.41, 5.74) is 1.37. The Morgan fingerprint density at radius 3 is 2.43 bits per heavy atom. The molecule has 2 rings (SSSR count). The molecule has 2 aromatic rings. The lowest BCUT2D eigenvalue weighted by Crippen LogP contribution is -2.36. The zero-order valence-corrected chi connectivity index (χ0v) is 16.1. The number of nitrogens with two attached hydrogens (primary N) is 1. The number of hydrogen-bond acceptors (Lipinski definition) is 6. The van der Waals surface area contributed by atoms with Crippen molar-refractivity contribution in [2.45, 2.75) is 24.3 Å². The Labute approximate surface area is 163 Å². The number of rotatable bonds is 9. The van der Waals surface area contributed by atoms with Crippen molar-refractivity contribution in [2.75, 3.05) is 13.1 Å². The van der Waals surface area contributed by atoms with Crippen LogP contribution in [-0.2, 0) is 21.2 Å². The van der Waals surface area contributed by atoms with E-state index in [4.69, 9.17) is 5.14 Å².